The molecule has 3 heteroatoms. The van der Waals surface area contributed by atoms with Crippen molar-refractivity contribution in [2.75, 3.05) is 19.6 Å². The second-order valence-corrected chi connectivity index (χ2v) is 6.13. The zero-order valence-corrected chi connectivity index (χ0v) is 11.4. The van der Waals surface area contributed by atoms with Crippen LogP contribution in [-0.4, -0.2) is 47.8 Å². The molecular formula is C14H28N2O. The Labute approximate surface area is 106 Å². The van der Waals surface area contributed by atoms with Gasteiger partial charge in [-0.05, 0) is 51.1 Å². The Morgan fingerprint density at radius 1 is 1.24 bits per heavy atom. The van der Waals surface area contributed by atoms with Crippen molar-refractivity contribution >= 4 is 0 Å². The van der Waals surface area contributed by atoms with Gasteiger partial charge in [-0.3, -0.25) is 4.90 Å². The maximum absolute atomic E-state index is 9.99. The molecule has 3 unspecified atom stereocenters. The number of hydrogen-bond acceptors (Lipinski definition) is 3. The summed E-state index contributed by atoms with van der Waals surface area (Å²) in [6.45, 7) is 7.93. The summed E-state index contributed by atoms with van der Waals surface area (Å²) in [4.78, 5) is 2.55. The lowest BCUT2D eigenvalue weighted by atomic mass is 9.95. The van der Waals surface area contributed by atoms with E-state index in [2.05, 4.69) is 24.1 Å². The number of hydrogen-bond donors (Lipinski definition) is 2. The summed E-state index contributed by atoms with van der Waals surface area (Å²) in [5.74, 6) is 0.777. The molecule has 1 saturated carbocycles. The maximum atomic E-state index is 9.99. The molecule has 0 aromatic rings. The molecule has 1 saturated heterocycles. The minimum Gasteiger partial charge on any atom is -0.391 e. The first-order valence-electron chi connectivity index (χ1n) is 7.32. The third-order valence-electron chi connectivity index (χ3n) is 4.28. The van der Waals surface area contributed by atoms with E-state index in [0.29, 0.717) is 12.1 Å². The standard InChI is InChI=1S/C14H28N2O/c1-11(2)15-9-12-5-4-8-16(10-12)13-6-3-7-14(13)17/h11-15,17H,3-10H2,1-2H3. The average molecular weight is 240 g/mol. The highest BCUT2D eigenvalue weighted by atomic mass is 16.3. The molecule has 0 radical (unpaired) electrons. The molecule has 1 heterocycles. The van der Waals surface area contributed by atoms with Gasteiger partial charge in [-0.1, -0.05) is 13.8 Å². The van der Waals surface area contributed by atoms with Crippen LogP contribution < -0.4 is 5.32 Å². The van der Waals surface area contributed by atoms with Gasteiger partial charge in [0.1, 0.15) is 0 Å². The fourth-order valence-electron chi connectivity index (χ4n) is 3.31. The van der Waals surface area contributed by atoms with Crippen LogP contribution in [0, 0.1) is 5.92 Å². The van der Waals surface area contributed by atoms with E-state index in [4.69, 9.17) is 0 Å². The normalized spacial score (nSPS) is 35.6. The number of aliphatic hydroxyl groups excluding tert-OH is 1. The van der Waals surface area contributed by atoms with Gasteiger partial charge < -0.3 is 10.4 Å². The molecule has 0 spiro atoms. The van der Waals surface area contributed by atoms with Gasteiger partial charge in [0.25, 0.3) is 0 Å². The van der Waals surface area contributed by atoms with Crippen LogP contribution in [0.2, 0.25) is 0 Å². The zero-order valence-electron chi connectivity index (χ0n) is 11.4. The van der Waals surface area contributed by atoms with Gasteiger partial charge in [0.15, 0.2) is 0 Å². The summed E-state index contributed by atoms with van der Waals surface area (Å²) in [7, 11) is 0. The number of rotatable bonds is 4. The molecule has 0 amide bonds. The summed E-state index contributed by atoms with van der Waals surface area (Å²) in [5, 5.41) is 13.5. The minimum atomic E-state index is -0.0631. The Morgan fingerprint density at radius 3 is 2.71 bits per heavy atom. The number of nitrogens with one attached hydrogen (secondary N) is 1. The number of piperidine rings is 1. The van der Waals surface area contributed by atoms with Crippen molar-refractivity contribution in [2.45, 2.75) is 64.1 Å². The molecule has 1 aliphatic carbocycles. The van der Waals surface area contributed by atoms with Crippen LogP contribution >= 0.6 is 0 Å². The van der Waals surface area contributed by atoms with Gasteiger partial charge in [-0.2, -0.15) is 0 Å². The lowest BCUT2D eigenvalue weighted by Gasteiger charge is -2.38. The third-order valence-corrected chi connectivity index (χ3v) is 4.28. The summed E-state index contributed by atoms with van der Waals surface area (Å²) in [6, 6.07) is 1.04. The van der Waals surface area contributed by atoms with Crippen LogP contribution in [0.25, 0.3) is 0 Å². The van der Waals surface area contributed by atoms with E-state index >= 15 is 0 Å². The van der Waals surface area contributed by atoms with E-state index in [1.807, 2.05) is 0 Å². The van der Waals surface area contributed by atoms with E-state index in [1.54, 1.807) is 0 Å². The SMILES string of the molecule is CC(C)NCC1CCCN(C2CCCC2O)C1. The monoisotopic (exact) mass is 240 g/mol. The molecule has 3 nitrogen and oxygen atoms in total. The van der Waals surface area contributed by atoms with Gasteiger partial charge >= 0.3 is 0 Å². The Morgan fingerprint density at radius 2 is 2.06 bits per heavy atom. The van der Waals surface area contributed by atoms with Crippen molar-refractivity contribution in [2.24, 2.45) is 5.92 Å². The van der Waals surface area contributed by atoms with Gasteiger partial charge in [0.05, 0.1) is 6.10 Å². The molecule has 0 bridgehead atoms. The molecule has 2 fully saturated rings. The number of likely N-dealkylation sites (tertiary alicyclic amines) is 1. The van der Waals surface area contributed by atoms with E-state index in [-0.39, 0.29) is 6.10 Å². The molecule has 2 aliphatic rings. The summed E-state index contributed by atoms with van der Waals surface area (Å²) < 4.78 is 0. The molecule has 100 valence electrons. The molecule has 2 rings (SSSR count). The fraction of sp³-hybridized carbons (Fsp3) is 1.00. The van der Waals surface area contributed by atoms with Crippen molar-refractivity contribution in [3.8, 4) is 0 Å². The topological polar surface area (TPSA) is 35.5 Å². The van der Waals surface area contributed by atoms with Crippen LogP contribution in [0.4, 0.5) is 0 Å². The summed E-state index contributed by atoms with van der Waals surface area (Å²) >= 11 is 0. The Bertz CT molecular complexity index is 232. The smallest absolute Gasteiger partial charge is 0.0695 e. The number of aliphatic hydroxyl groups is 1. The number of nitrogens with zero attached hydrogens (tertiary/aromatic N) is 1. The van der Waals surface area contributed by atoms with E-state index in [0.717, 1.165) is 18.9 Å². The molecule has 0 aromatic heterocycles. The molecule has 0 aromatic carbocycles. The minimum absolute atomic E-state index is 0.0631. The first-order valence-corrected chi connectivity index (χ1v) is 7.32. The predicted molar refractivity (Wildman–Crippen MR) is 71.1 cm³/mol. The third kappa shape index (κ3) is 3.67. The Balaban J connectivity index is 1.80. The quantitative estimate of drug-likeness (QED) is 0.783. The average Bonchev–Trinajstić information content (AvgIpc) is 2.73. The van der Waals surface area contributed by atoms with Crippen molar-refractivity contribution in [1.29, 1.82) is 0 Å². The first kappa shape index (κ1) is 13.3. The zero-order chi connectivity index (χ0) is 12.3. The summed E-state index contributed by atoms with van der Waals surface area (Å²) in [5.41, 5.74) is 0. The van der Waals surface area contributed by atoms with Gasteiger partial charge in [0, 0.05) is 18.6 Å². The van der Waals surface area contributed by atoms with Crippen molar-refractivity contribution < 1.29 is 5.11 Å². The molecule has 3 atom stereocenters. The van der Waals surface area contributed by atoms with E-state index in [9.17, 15) is 5.11 Å². The highest BCUT2D eigenvalue weighted by Crippen LogP contribution is 2.28. The van der Waals surface area contributed by atoms with Crippen LogP contribution in [-0.2, 0) is 0 Å². The second kappa shape index (κ2) is 6.17. The Hall–Kier alpha value is -0.120. The maximum Gasteiger partial charge on any atom is 0.0695 e. The van der Waals surface area contributed by atoms with Crippen molar-refractivity contribution in [3.63, 3.8) is 0 Å². The predicted octanol–water partition coefficient (Wildman–Crippen LogP) is 1.61. The van der Waals surface area contributed by atoms with Crippen molar-refractivity contribution in [3.05, 3.63) is 0 Å². The van der Waals surface area contributed by atoms with E-state index in [1.165, 1.54) is 38.8 Å². The van der Waals surface area contributed by atoms with Crippen molar-refractivity contribution in [1.82, 2.24) is 10.2 Å². The van der Waals surface area contributed by atoms with Gasteiger partial charge in [-0.15, -0.1) is 0 Å². The van der Waals surface area contributed by atoms with Gasteiger partial charge in [-0.25, -0.2) is 0 Å². The molecule has 17 heavy (non-hydrogen) atoms. The van der Waals surface area contributed by atoms with Crippen LogP contribution in [0.1, 0.15) is 46.0 Å². The highest BCUT2D eigenvalue weighted by Gasteiger charge is 2.33. The fourth-order valence-corrected chi connectivity index (χ4v) is 3.31. The highest BCUT2D eigenvalue weighted by molar-refractivity contribution is 4.88. The molecule has 1 aliphatic heterocycles. The van der Waals surface area contributed by atoms with E-state index < -0.39 is 0 Å². The first-order chi connectivity index (χ1) is 8.16. The largest absolute Gasteiger partial charge is 0.391 e. The van der Waals surface area contributed by atoms with Crippen LogP contribution in [0.15, 0.2) is 0 Å². The molecular weight excluding hydrogens is 212 g/mol. The second-order valence-electron chi connectivity index (χ2n) is 6.13. The summed E-state index contributed by atoms with van der Waals surface area (Å²) in [6.07, 6.45) is 6.00. The Kier molecular flexibility index (Phi) is 4.83. The lowest BCUT2D eigenvalue weighted by Crippen LogP contribution is -2.48. The molecule has 2 N–H and O–H groups in total. The van der Waals surface area contributed by atoms with Crippen LogP contribution in [0.3, 0.4) is 0 Å². The van der Waals surface area contributed by atoms with Gasteiger partial charge in [0.2, 0.25) is 0 Å². The lowest BCUT2D eigenvalue weighted by molar-refractivity contribution is 0.0429. The van der Waals surface area contributed by atoms with Crippen LogP contribution in [0.5, 0.6) is 0 Å².